The zero-order valence-electron chi connectivity index (χ0n) is 12.6. The minimum absolute atomic E-state index is 0.192. The summed E-state index contributed by atoms with van der Waals surface area (Å²) in [6, 6.07) is 7.91. The summed E-state index contributed by atoms with van der Waals surface area (Å²) in [5.74, 6) is 0.637. The van der Waals surface area contributed by atoms with Crippen molar-refractivity contribution < 1.29 is 8.42 Å². The highest BCUT2D eigenvalue weighted by atomic mass is 35.5. The molecule has 0 amide bonds. The van der Waals surface area contributed by atoms with Crippen LogP contribution in [0.4, 0.5) is 5.82 Å². The highest BCUT2D eigenvalue weighted by molar-refractivity contribution is 7.89. The van der Waals surface area contributed by atoms with Crippen LogP contribution >= 0.6 is 11.6 Å². The van der Waals surface area contributed by atoms with Crippen molar-refractivity contribution in [2.45, 2.75) is 4.90 Å². The molecule has 1 aromatic carbocycles. The molecule has 124 valence electrons. The maximum atomic E-state index is 12.7. The van der Waals surface area contributed by atoms with E-state index in [1.54, 1.807) is 6.20 Å². The van der Waals surface area contributed by atoms with Gasteiger partial charge in [-0.15, -0.1) is 0 Å². The first kappa shape index (κ1) is 16.6. The van der Waals surface area contributed by atoms with Gasteiger partial charge in [-0.2, -0.15) is 9.57 Å². The average Bonchev–Trinajstić information content (AvgIpc) is 2.62. The van der Waals surface area contributed by atoms with Gasteiger partial charge in [-0.25, -0.2) is 13.4 Å². The van der Waals surface area contributed by atoms with E-state index in [9.17, 15) is 8.42 Å². The first-order valence-electron chi connectivity index (χ1n) is 7.23. The molecule has 0 unspecified atom stereocenters. The quantitative estimate of drug-likeness (QED) is 0.821. The van der Waals surface area contributed by atoms with E-state index in [1.807, 2.05) is 11.0 Å². The molecule has 1 fully saturated rings. The summed E-state index contributed by atoms with van der Waals surface area (Å²) in [5.41, 5.74) is 0.429. The Hall–Kier alpha value is -2.21. The van der Waals surface area contributed by atoms with Crippen LogP contribution in [0.5, 0.6) is 0 Å². The number of halogens is 1. The van der Waals surface area contributed by atoms with Crippen LogP contribution in [0.2, 0.25) is 5.15 Å². The monoisotopic (exact) mass is 363 g/mol. The Labute approximate surface area is 145 Å². The fraction of sp³-hybridized carbons (Fsp3) is 0.267. The topological polar surface area (TPSA) is 90.2 Å². The average molecular weight is 364 g/mol. The molecule has 0 atom stereocenters. The molecule has 1 aromatic heterocycles. The van der Waals surface area contributed by atoms with Crippen LogP contribution in [0.15, 0.2) is 41.6 Å². The zero-order chi connectivity index (χ0) is 17.2. The number of anilines is 1. The van der Waals surface area contributed by atoms with Gasteiger partial charge in [-0.05, 0) is 24.3 Å². The van der Waals surface area contributed by atoms with Gasteiger partial charge in [0.25, 0.3) is 0 Å². The maximum Gasteiger partial charge on any atom is 0.243 e. The summed E-state index contributed by atoms with van der Waals surface area (Å²) < 4.78 is 26.8. The third kappa shape index (κ3) is 3.33. The van der Waals surface area contributed by atoms with Crippen molar-refractivity contribution in [3.8, 4) is 6.07 Å². The molecule has 0 aliphatic carbocycles. The van der Waals surface area contributed by atoms with E-state index in [4.69, 9.17) is 16.9 Å². The van der Waals surface area contributed by atoms with Crippen molar-refractivity contribution in [1.29, 1.82) is 5.26 Å². The lowest BCUT2D eigenvalue weighted by molar-refractivity contribution is 0.383. The Morgan fingerprint density at radius 2 is 1.75 bits per heavy atom. The minimum Gasteiger partial charge on any atom is -0.353 e. The van der Waals surface area contributed by atoms with Gasteiger partial charge in [0.05, 0.1) is 28.9 Å². The summed E-state index contributed by atoms with van der Waals surface area (Å²) in [4.78, 5) is 10.3. The van der Waals surface area contributed by atoms with Crippen LogP contribution in [-0.4, -0.2) is 48.9 Å². The van der Waals surface area contributed by atoms with Gasteiger partial charge in [0.15, 0.2) is 0 Å². The number of hydrogen-bond acceptors (Lipinski definition) is 6. The van der Waals surface area contributed by atoms with Crippen LogP contribution in [0.3, 0.4) is 0 Å². The summed E-state index contributed by atoms with van der Waals surface area (Å²) in [5, 5.41) is 9.11. The van der Waals surface area contributed by atoms with Crippen molar-refractivity contribution in [2.75, 3.05) is 31.1 Å². The number of aromatic nitrogens is 2. The van der Waals surface area contributed by atoms with E-state index in [0.717, 1.165) is 0 Å². The van der Waals surface area contributed by atoms with E-state index >= 15 is 0 Å². The molecule has 1 aliphatic rings. The van der Waals surface area contributed by atoms with Crippen molar-refractivity contribution in [1.82, 2.24) is 14.3 Å². The van der Waals surface area contributed by atoms with Crippen molar-refractivity contribution >= 4 is 27.4 Å². The van der Waals surface area contributed by atoms with Gasteiger partial charge < -0.3 is 4.90 Å². The van der Waals surface area contributed by atoms with Crippen molar-refractivity contribution in [2.24, 2.45) is 0 Å². The molecule has 2 heterocycles. The van der Waals surface area contributed by atoms with E-state index in [1.165, 1.54) is 34.8 Å². The molecule has 1 saturated heterocycles. The molecule has 0 N–H and O–H groups in total. The predicted octanol–water partition coefficient (Wildman–Crippen LogP) is 1.51. The SMILES string of the molecule is N#Cc1ccc(S(=O)(=O)N2CCN(c3cncc(Cl)n3)CC2)cc1. The summed E-state index contributed by atoms with van der Waals surface area (Å²) in [6.45, 7) is 1.70. The van der Waals surface area contributed by atoms with Gasteiger partial charge in [-0.1, -0.05) is 11.6 Å². The van der Waals surface area contributed by atoms with Gasteiger partial charge in [0, 0.05) is 26.2 Å². The van der Waals surface area contributed by atoms with Crippen LogP contribution < -0.4 is 4.90 Å². The Balaban J connectivity index is 1.72. The number of nitriles is 1. The fourth-order valence-electron chi connectivity index (χ4n) is 2.49. The fourth-order valence-corrected chi connectivity index (χ4v) is 4.06. The number of rotatable bonds is 3. The molecular formula is C15H14ClN5O2S. The maximum absolute atomic E-state index is 12.7. The smallest absolute Gasteiger partial charge is 0.243 e. The highest BCUT2D eigenvalue weighted by Gasteiger charge is 2.29. The molecule has 24 heavy (non-hydrogen) atoms. The Kier molecular flexibility index (Phi) is 4.66. The van der Waals surface area contributed by atoms with E-state index in [0.29, 0.717) is 42.7 Å². The third-order valence-corrected chi connectivity index (χ3v) is 5.87. The van der Waals surface area contributed by atoms with Gasteiger partial charge >= 0.3 is 0 Å². The van der Waals surface area contributed by atoms with E-state index in [-0.39, 0.29) is 4.90 Å². The van der Waals surface area contributed by atoms with Crippen molar-refractivity contribution in [3.63, 3.8) is 0 Å². The molecule has 7 nitrogen and oxygen atoms in total. The Morgan fingerprint density at radius 3 is 2.33 bits per heavy atom. The molecule has 0 saturated carbocycles. The van der Waals surface area contributed by atoms with Crippen LogP contribution in [0.25, 0.3) is 0 Å². The lowest BCUT2D eigenvalue weighted by Crippen LogP contribution is -2.48. The third-order valence-electron chi connectivity index (χ3n) is 3.78. The van der Waals surface area contributed by atoms with Crippen LogP contribution in [-0.2, 0) is 10.0 Å². The summed E-state index contributed by atoms with van der Waals surface area (Å²) in [6.07, 6.45) is 3.06. The highest BCUT2D eigenvalue weighted by Crippen LogP contribution is 2.20. The number of hydrogen-bond donors (Lipinski definition) is 0. The molecule has 9 heteroatoms. The Morgan fingerprint density at radius 1 is 1.08 bits per heavy atom. The zero-order valence-corrected chi connectivity index (χ0v) is 14.2. The predicted molar refractivity (Wildman–Crippen MR) is 89.2 cm³/mol. The lowest BCUT2D eigenvalue weighted by Gasteiger charge is -2.34. The number of benzene rings is 1. The first-order valence-corrected chi connectivity index (χ1v) is 9.05. The molecule has 0 bridgehead atoms. The second-order valence-electron chi connectivity index (χ2n) is 5.23. The second kappa shape index (κ2) is 6.73. The molecule has 0 spiro atoms. The lowest BCUT2D eigenvalue weighted by atomic mass is 10.2. The molecule has 2 aromatic rings. The van der Waals surface area contributed by atoms with Crippen LogP contribution in [0, 0.1) is 11.3 Å². The molecule has 0 radical (unpaired) electrons. The molecule has 1 aliphatic heterocycles. The molecule has 3 rings (SSSR count). The second-order valence-corrected chi connectivity index (χ2v) is 7.55. The normalized spacial score (nSPS) is 15.9. The van der Waals surface area contributed by atoms with E-state index in [2.05, 4.69) is 9.97 Å². The standard InChI is InChI=1S/C15H14ClN5O2S/c16-14-10-18-11-15(19-14)20-5-7-21(8-6-20)24(22,23)13-3-1-12(9-17)2-4-13/h1-4,10-11H,5-8H2. The summed E-state index contributed by atoms with van der Waals surface area (Å²) in [7, 11) is -3.57. The van der Waals surface area contributed by atoms with Crippen LogP contribution in [0.1, 0.15) is 5.56 Å². The van der Waals surface area contributed by atoms with Gasteiger partial charge in [0.1, 0.15) is 11.0 Å². The molecular weight excluding hydrogens is 350 g/mol. The number of nitrogens with zero attached hydrogens (tertiary/aromatic N) is 5. The largest absolute Gasteiger partial charge is 0.353 e. The number of piperazine rings is 1. The van der Waals surface area contributed by atoms with E-state index < -0.39 is 10.0 Å². The first-order chi connectivity index (χ1) is 11.5. The minimum atomic E-state index is -3.57. The summed E-state index contributed by atoms with van der Waals surface area (Å²) >= 11 is 5.84. The number of sulfonamides is 1. The van der Waals surface area contributed by atoms with Gasteiger partial charge in [-0.3, -0.25) is 4.98 Å². The van der Waals surface area contributed by atoms with Gasteiger partial charge in [0.2, 0.25) is 10.0 Å². The van der Waals surface area contributed by atoms with Crippen molar-refractivity contribution in [3.05, 3.63) is 47.4 Å². The Bertz CT molecular complexity index is 871.